The monoisotopic (exact) mass is 267 g/mol. The van der Waals surface area contributed by atoms with Crippen LogP contribution < -0.4 is 5.73 Å². The summed E-state index contributed by atoms with van der Waals surface area (Å²) in [6.07, 6.45) is 6.24. The standard InChI is InChI=1S/C17H21N3/c1-6-8-20-14(7-2)19-16(17(20)18)15-12(4)9-11(3)10-13(15)5/h1,9-10H,7-8,18H2,2-5H3. The fourth-order valence-electron chi connectivity index (χ4n) is 2.79. The predicted molar refractivity (Wildman–Crippen MR) is 84.5 cm³/mol. The van der Waals surface area contributed by atoms with Crippen molar-refractivity contribution < 1.29 is 0 Å². The first-order valence-electron chi connectivity index (χ1n) is 6.86. The van der Waals surface area contributed by atoms with Gasteiger partial charge in [0.25, 0.3) is 0 Å². The minimum absolute atomic E-state index is 0.464. The van der Waals surface area contributed by atoms with E-state index in [1.165, 1.54) is 16.7 Å². The van der Waals surface area contributed by atoms with Crippen molar-refractivity contribution in [3.63, 3.8) is 0 Å². The smallest absolute Gasteiger partial charge is 0.132 e. The molecule has 0 saturated carbocycles. The summed E-state index contributed by atoms with van der Waals surface area (Å²) < 4.78 is 1.92. The molecule has 0 fully saturated rings. The molecule has 0 aliphatic rings. The minimum atomic E-state index is 0.464. The van der Waals surface area contributed by atoms with Gasteiger partial charge in [-0.25, -0.2) is 4.98 Å². The van der Waals surface area contributed by atoms with Gasteiger partial charge in [0.1, 0.15) is 17.3 Å². The van der Waals surface area contributed by atoms with Crippen LogP contribution in [0.1, 0.15) is 29.4 Å². The maximum atomic E-state index is 6.28. The molecule has 0 saturated heterocycles. The van der Waals surface area contributed by atoms with Gasteiger partial charge in [-0.3, -0.25) is 0 Å². The fourth-order valence-corrected chi connectivity index (χ4v) is 2.79. The number of aryl methyl sites for hydroxylation is 4. The maximum absolute atomic E-state index is 6.28. The first-order valence-corrected chi connectivity index (χ1v) is 6.86. The van der Waals surface area contributed by atoms with Crippen LogP contribution in [0.15, 0.2) is 12.1 Å². The zero-order valence-electron chi connectivity index (χ0n) is 12.6. The van der Waals surface area contributed by atoms with Crippen molar-refractivity contribution in [1.82, 2.24) is 9.55 Å². The highest BCUT2D eigenvalue weighted by molar-refractivity contribution is 5.76. The van der Waals surface area contributed by atoms with E-state index in [9.17, 15) is 0 Å². The van der Waals surface area contributed by atoms with Crippen molar-refractivity contribution in [3.05, 3.63) is 34.6 Å². The Morgan fingerprint density at radius 1 is 1.25 bits per heavy atom. The number of hydrogen-bond donors (Lipinski definition) is 1. The first-order chi connectivity index (χ1) is 9.49. The highest BCUT2D eigenvalue weighted by Crippen LogP contribution is 2.32. The number of hydrogen-bond acceptors (Lipinski definition) is 2. The van der Waals surface area contributed by atoms with Gasteiger partial charge in [-0.15, -0.1) is 6.42 Å². The Morgan fingerprint density at radius 2 is 1.85 bits per heavy atom. The van der Waals surface area contributed by atoms with Crippen LogP contribution in [0, 0.1) is 33.1 Å². The van der Waals surface area contributed by atoms with Crippen LogP contribution in [0.3, 0.4) is 0 Å². The number of anilines is 1. The van der Waals surface area contributed by atoms with Crippen molar-refractivity contribution in [2.75, 3.05) is 5.73 Å². The number of nitrogens with two attached hydrogens (primary N) is 1. The largest absolute Gasteiger partial charge is 0.383 e. The van der Waals surface area contributed by atoms with E-state index in [-0.39, 0.29) is 0 Å². The predicted octanol–water partition coefficient (Wildman–Crippen LogP) is 3.25. The Hall–Kier alpha value is -2.21. The van der Waals surface area contributed by atoms with E-state index in [0.717, 1.165) is 23.5 Å². The molecule has 2 N–H and O–H groups in total. The number of nitrogens with zero attached hydrogens (tertiary/aromatic N) is 2. The van der Waals surface area contributed by atoms with Crippen molar-refractivity contribution in [2.45, 2.75) is 40.7 Å². The number of nitrogen functional groups attached to an aromatic ring is 1. The van der Waals surface area contributed by atoms with Crippen LogP contribution in [0.2, 0.25) is 0 Å². The van der Waals surface area contributed by atoms with Crippen molar-refractivity contribution >= 4 is 5.82 Å². The van der Waals surface area contributed by atoms with Gasteiger partial charge < -0.3 is 10.3 Å². The quantitative estimate of drug-likeness (QED) is 0.867. The molecule has 1 aromatic carbocycles. The van der Waals surface area contributed by atoms with Gasteiger partial charge in [-0.05, 0) is 31.9 Å². The van der Waals surface area contributed by atoms with E-state index in [1.807, 2.05) is 4.57 Å². The topological polar surface area (TPSA) is 43.8 Å². The maximum Gasteiger partial charge on any atom is 0.132 e. The molecule has 0 atom stereocenters. The summed E-state index contributed by atoms with van der Waals surface area (Å²) in [5, 5.41) is 0. The van der Waals surface area contributed by atoms with E-state index in [1.54, 1.807) is 0 Å². The molecule has 0 spiro atoms. The van der Waals surface area contributed by atoms with Gasteiger partial charge in [0.2, 0.25) is 0 Å². The average Bonchev–Trinajstić information content (AvgIpc) is 2.67. The molecule has 20 heavy (non-hydrogen) atoms. The van der Waals surface area contributed by atoms with Gasteiger partial charge in [0.05, 0.1) is 6.54 Å². The normalized spacial score (nSPS) is 10.6. The Bertz CT molecular complexity index is 664. The molecular weight excluding hydrogens is 246 g/mol. The number of benzene rings is 1. The zero-order valence-corrected chi connectivity index (χ0v) is 12.6. The van der Waals surface area contributed by atoms with Crippen LogP contribution >= 0.6 is 0 Å². The molecule has 0 aliphatic heterocycles. The average molecular weight is 267 g/mol. The second-order valence-electron chi connectivity index (χ2n) is 5.18. The van der Waals surface area contributed by atoms with Crippen LogP contribution in [0.4, 0.5) is 5.82 Å². The Labute approximate surface area is 120 Å². The Morgan fingerprint density at radius 3 is 2.35 bits per heavy atom. The molecule has 1 aromatic heterocycles. The summed E-state index contributed by atoms with van der Waals surface area (Å²) in [6.45, 7) is 8.82. The fraction of sp³-hybridized carbons (Fsp3) is 0.353. The van der Waals surface area contributed by atoms with E-state index >= 15 is 0 Å². The number of aromatic nitrogens is 2. The third-order valence-corrected chi connectivity index (χ3v) is 3.57. The molecular formula is C17H21N3. The molecule has 0 amide bonds. The molecule has 0 radical (unpaired) electrons. The minimum Gasteiger partial charge on any atom is -0.383 e. The zero-order chi connectivity index (χ0) is 14.9. The molecule has 2 aromatic rings. The lowest BCUT2D eigenvalue weighted by Crippen LogP contribution is -2.05. The van der Waals surface area contributed by atoms with E-state index in [2.05, 4.69) is 45.7 Å². The summed E-state index contributed by atoms with van der Waals surface area (Å²) >= 11 is 0. The highest BCUT2D eigenvalue weighted by atomic mass is 15.1. The van der Waals surface area contributed by atoms with Crippen LogP contribution in [0.25, 0.3) is 11.3 Å². The molecule has 1 heterocycles. The SMILES string of the molecule is C#CCn1c(CC)nc(-c2c(C)cc(C)cc2C)c1N. The Balaban J connectivity index is 2.69. The number of terminal acetylenes is 1. The van der Waals surface area contributed by atoms with Gasteiger partial charge in [-0.1, -0.05) is 30.5 Å². The molecule has 0 bridgehead atoms. The third-order valence-electron chi connectivity index (χ3n) is 3.57. The molecule has 104 valence electrons. The number of imidazole rings is 1. The van der Waals surface area contributed by atoms with Gasteiger partial charge in [-0.2, -0.15) is 0 Å². The summed E-state index contributed by atoms with van der Waals surface area (Å²) in [5.74, 6) is 4.25. The van der Waals surface area contributed by atoms with Gasteiger partial charge in [0.15, 0.2) is 0 Å². The second-order valence-corrected chi connectivity index (χ2v) is 5.18. The second kappa shape index (κ2) is 5.42. The van der Waals surface area contributed by atoms with Crippen LogP contribution in [0.5, 0.6) is 0 Å². The summed E-state index contributed by atoms with van der Waals surface area (Å²) in [4.78, 5) is 4.71. The van der Waals surface area contributed by atoms with Crippen LogP contribution in [-0.4, -0.2) is 9.55 Å². The lowest BCUT2D eigenvalue weighted by atomic mass is 9.97. The molecule has 0 aliphatic carbocycles. The van der Waals surface area contributed by atoms with E-state index in [4.69, 9.17) is 17.1 Å². The lowest BCUT2D eigenvalue weighted by molar-refractivity contribution is 0.769. The van der Waals surface area contributed by atoms with Gasteiger partial charge >= 0.3 is 0 Å². The van der Waals surface area contributed by atoms with Crippen LogP contribution in [-0.2, 0) is 13.0 Å². The number of rotatable bonds is 3. The van der Waals surface area contributed by atoms with E-state index in [0.29, 0.717) is 12.4 Å². The summed E-state index contributed by atoms with van der Waals surface area (Å²) in [7, 11) is 0. The first kappa shape index (κ1) is 14.2. The van der Waals surface area contributed by atoms with E-state index < -0.39 is 0 Å². The molecule has 2 rings (SSSR count). The van der Waals surface area contributed by atoms with Crippen molar-refractivity contribution in [3.8, 4) is 23.6 Å². The van der Waals surface area contributed by atoms with Gasteiger partial charge in [0, 0.05) is 12.0 Å². The lowest BCUT2D eigenvalue weighted by Gasteiger charge is -2.10. The van der Waals surface area contributed by atoms with Crippen molar-refractivity contribution in [1.29, 1.82) is 0 Å². The highest BCUT2D eigenvalue weighted by Gasteiger charge is 2.17. The summed E-state index contributed by atoms with van der Waals surface area (Å²) in [5.41, 5.74) is 11.9. The molecule has 0 unspecified atom stereocenters. The summed E-state index contributed by atoms with van der Waals surface area (Å²) in [6, 6.07) is 4.32. The van der Waals surface area contributed by atoms with Crippen molar-refractivity contribution in [2.24, 2.45) is 0 Å². The third kappa shape index (κ3) is 2.30. The Kier molecular flexibility index (Phi) is 3.85. The molecule has 3 nitrogen and oxygen atoms in total. The molecule has 3 heteroatoms.